The van der Waals surface area contributed by atoms with Crippen molar-refractivity contribution in [1.29, 1.82) is 0 Å². The Kier molecular flexibility index (Phi) is 4.35. The highest BCUT2D eigenvalue weighted by molar-refractivity contribution is 5.77. The lowest BCUT2D eigenvalue weighted by molar-refractivity contribution is -0.123. The molecule has 0 saturated carbocycles. The number of nitrogens with one attached hydrogen (secondary N) is 1. The molecule has 0 aromatic carbocycles. The van der Waals surface area contributed by atoms with Gasteiger partial charge in [0.15, 0.2) is 18.0 Å². The summed E-state index contributed by atoms with van der Waals surface area (Å²) in [6, 6.07) is 3.63. The number of ether oxygens (including phenoxy) is 1. The van der Waals surface area contributed by atoms with Gasteiger partial charge in [0.1, 0.15) is 0 Å². The van der Waals surface area contributed by atoms with Gasteiger partial charge in [-0.2, -0.15) is 0 Å². The summed E-state index contributed by atoms with van der Waals surface area (Å²) in [5.74, 6) is 0.448. The Morgan fingerprint density at radius 2 is 2.42 bits per heavy atom. The van der Waals surface area contributed by atoms with Crippen molar-refractivity contribution in [1.82, 2.24) is 14.7 Å². The number of hydrogen-bond acceptors (Lipinski definition) is 4. The molecule has 2 aromatic rings. The molecule has 0 atom stereocenters. The molecule has 2 rings (SSSR count). The van der Waals surface area contributed by atoms with Gasteiger partial charge < -0.3 is 15.8 Å². The number of hydrogen-bond donors (Lipinski definition) is 2. The molecule has 0 unspecified atom stereocenters. The van der Waals surface area contributed by atoms with Crippen molar-refractivity contribution in [2.45, 2.75) is 19.9 Å². The van der Waals surface area contributed by atoms with Gasteiger partial charge >= 0.3 is 0 Å². The van der Waals surface area contributed by atoms with Gasteiger partial charge in [-0.3, -0.25) is 9.20 Å². The molecule has 0 aliphatic heterocycles. The van der Waals surface area contributed by atoms with E-state index in [2.05, 4.69) is 10.3 Å². The summed E-state index contributed by atoms with van der Waals surface area (Å²) in [5.41, 5.74) is 7.19. The van der Waals surface area contributed by atoms with Crippen LogP contribution in [-0.2, 0) is 11.3 Å². The fourth-order valence-electron chi connectivity index (χ4n) is 1.76. The third-order valence-corrected chi connectivity index (χ3v) is 2.72. The summed E-state index contributed by atoms with van der Waals surface area (Å²) in [4.78, 5) is 15.7. The van der Waals surface area contributed by atoms with Gasteiger partial charge in [-0.1, -0.05) is 6.92 Å². The number of amides is 1. The zero-order valence-corrected chi connectivity index (χ0v) is 10.9. The number of imidazole rings is 1. The van der Waals surface area contributed by atoms with Crippen molar-refractivity contribution < 1.29 is 9.53 Å². The number of carbonyl (C=O) groups is 1. The zero-order valence-electron chi connectivity index (χ0n) is 10.9. The lowest BCUT2D eigenvalue weighted by Gasteiger charge is -2.08. The summed E-state index contributed by atoms with van der Waals surface area (Å²) in [5, 5.41) is 2.76. The smallest absolute Gasteiger partial charge is 0.257 e. The molecular weight excluding hydrogens is 244 g/mol. The SMILES string of the molecule is CCCNC(=O)COc1cccn2c(CN)cnc12. The second-order valence-electron chi connectivity index (χ2n) is 4.16. The van der Waals surface area contributed by atoms with Gasteiger partial charge in [0.25, 0.3) is 5.91 Å². The van der Waals surface area contributed by atoms with Crippen LogP contribution in [0.2, 0.25) is 0 Å². The molecular formula is C13H18N4O2. The second kappa shape index (κ2) is 6.19. The molecule has 1 amide bonds. The first-order valence-corrected chi connectivity index (χ1v) is 6.30. The maximum Gasteiger partial charge on any atom is 0.257 e. The molecule has 0 aliphatic rings. The van der Waals surface area contributed by atoms with Crippen molar-refractivity contribution in [2.75, 3.05) is 13.2 Å². The zero-order chi connectivity index (χ0) is 13.7. The van der Waals surface area contributed by atoms with E-state index in [0.29, 0.717) is 24.5 Å². The molecule has 0 aliphatic carbocycles. The lowest BCUT2D eigenvalue weighted by Crippen LogP contribution is -2.29. The van der Waals surface area contributed by atoms with Gasteiger partial charge in [-0.25, -0.2) is 4.98 Å². The first-order chi connectivity index (χ1) is 9.26. The molecule has 3 N–H and O–H groups in total. The minimum absolute atomic E-state index is 0.00943. The molecule has 6 nitrogen and oxygen atoms in total. The van der Waals surface area contributed by atoms with Crippen LogP contribution in [0.25, 0.3) is 5.65 Å². The molecule has 102 valence electrons. The number of carbonyl (C=O) groups excluding carboxylic acids is 1. The van der Waals surface area contributed by atoms with Crippen LogP contribution in [0, 0.1) is 0 Å². The molecule has 19 heavy (non-hydrogen) atoms. The normalized spacial score (nSPS) is 10.6. The molecule has 0 spiro atoms. The second-order valence-corrected chi connectivity index (χ2v) is 4.16. The third-order valence-electron chi connectivity index (χ3n) is 2.72. The Morgan fingerprint density at radius 3 is 3.16 bits per heavy atom. The highest BCUT2D eigenvalue weighted by atomic mass is 16.5. The number of aromatic nitrogens is 2. The predicted octanol–water partition coefficient (Wildman–Crippen LogP) is 0.698. The quantitative estimate of drug-likeness (QED) is 0.803. The number of fused-ring (bicyclic) bond motifs is 1. The van der Waals surface area contributed by atoms with Crippen LogP contribution in [0.5, 0.6) is 5.75 Å². The molecule has 2 aromatic heterocycles. The van der Waals surface area contributed by atoms with Crippen molar-refractivity contribution >= 4 is 11.6 Å². The Labute approximate surface area is 111 Å². The Bertz CT molecular complexity index is 565. The lowest BCUT2D eigenvalue weighted by atomic mass is 10.4. The van der Waals surface area contributed by atoms with Crippen molar-refractivity contribution in [3.63, 3.8) is 0 Å². The fraction of sp³-hybridized carbons (Fsp3) is 0.385. The fourth-order valence-corrected chi connectivity index (χ4v) is 1.76. The average molecular weight is 262 g/mol. The number of rotatable bonds is 6. The third kappa shape index (κ3) is 3.03. The van der Waals surface area contributed by atoms with Crippen LogP contribution in [0.4, 0.5) is 0 Å². The van der Waals surface area contributed by atoms with Crippen LogP contribution in [0.15, 0.2) is 24.5 Å². The first kappa shape index (κ1) is 13.4. The Hall–Kier alpha value is -2.08. The van der Waals surface area contributed by atoms with E-state index in [1.165, 1.54) is 0 Å². The van der Waals surface area contributed by atoms with Gasteiger partial charge in [-0.05, 0) is 18.6 Å². The summed E-state index contributed by atoms with van der Waals surface area (Å²) in [7, 11) is 0. The molecule has 6 heteroatoms. The van der Waals surface area contributed by atoms with Gasteiger partial charge in [0, 0.05) is 19.3 Å². The van der Waals surface area contributed by atoms with Crippen LogP contribution in [-0.4, -0.2) is 28.4 Å². The maximum absolute atomic E-state index is 11.5. The van der Waals surface area contributed by atoms with Crippen molar-refractivity contribution in [3.8, 4) is 5.75 Å². The van der Waals surface area contributed by atoms with Crippen LogP contribution < -0.4 is 15.8 Å². The van der Waals surface area contributed by atoms with E-state index in [0.717, 1.165) is 12.1 Å². The van der Waals surface area contributed by atoms with E-state index < -0.39 is 0 Å². The standard InChI is InChI=1S/C13H18N4O2/c1-2-5-15-12(18)9-19-11-4-3-6-17-10(7-14)8-16-13(11)17/h3-4,6,8H,2,5,7,9,14H2,1H3,(H,15,18). The largest absolute Gasteiger partial charge is 0.480 e. The topological polar surface area (TPSA) is 81.6 Å². The summed E-state index contributed by atoms with van der Waals surface area (Å²) in [6.07, 6.45) is 4.48. The Balaban J connectivity index is 2.08. The maximum atomic E-state index is 11.5. The van der Waals surface area contributed by atoms with E-state index in [1.54, 1.807) is 12.3 Å². The number of pyridine rings is 1. The van der Waals surface area contributed by atoms with Crippen LogP contribution in [0.3, 0.4) is 0 Å². The first-order valence-electron chi connectivity index (χ1n) is 6.30. The van der Waals surface area contributed by atoms with E-state index in [9.17, 15) is 4.79 Å². The van der Waals surface area contributed by atoms with Gasteiger partial charge in [0.05, 0.1) is 11.9 Å². The highest BCUT2D eigenvalue weighted by Crippen LogP contribution is 2.19. The van der Waals surface area contributed by atoms with Crippen molar-refractivity contribution in [3.05, 3.63) is 30.2 Å². The number of nitrogens with two attached hydrogens (primary N) is 1. The van der Waals surface area contributed by atoms with Crippen LogP contribution >= 0.6 is 0 Å². The average Bonchev–Trinajstić information content (AvgIpc) is 2.86. The number of nitrogens with zero attached hydrogens (tertiary/aromatic N) is 2. The molecule has 2 heterocycles. The Morgan fingerprint density at radius 1 is 1.58 bits per heavy atom. The molecule has 0 bridgehead atoms. The minimum Gasteiger partial charge on any atom is -0.480 e. The van der Waals surface area contributed by atoms with Crippen molar-refractivity contribution in [2.24, 2.45) is 5.73 Å². The summed E-state index contributed by atoms with van der Waals surface area (Å²) in [6.45, 7) is 3.06. The van der Waals surface area contributed by atoms with Gasteiger partial charge in [-0.15, -0.1) is 0 Å². The predicted molar refractivity (Wildman–Crippen MR) is 71.9 cm³/mol. The van der Waals surface area contributed by atoms with E-state index >= 15 is 0 Å². The van der Waals surface area contributed by atoms with E-state index in [-0.39, 0.29) is 12.5 Å². The summed E-state index contributed by atoms with van der Waals surface area (Å²) < 4.78 is 7.36. The van der Waals surface area contributed by atoms with Gasteiger partial charge in [0.2, 0.25) is 0 Å². The minimum atomic E-state index is -0.130. The monoisotopic (exact) mass is 262 g/mol. The highest BCUT2D eigenvalue weighted by Gasteiger charge is 2.09. The molecule has 0 saturated heterocycles. The van der Waals surface area contributed by atoms with E-state index in [4.69, 9.17) is 10.5 Å². The van der Waals surface area contributed by atoms with Crippen LogP contribution in [0.1, 0.15) is 19.0 Å². The molecule has 0 fully saturated rings. The summed E-state index contributed by atoms with van der Waals surface area (Å²) >= 11 is 0. The molecule has 0 radical (unpaired) electrons. The van der Waals surface area contributed by atoms with E-state index in [1.807, 2.05) is 23.6 Å².